The topological polar surface area (TPSA) is 127 Å². The van der Waals surface area contributed by atoms with E-state index in [1.807, 2.05) is 0 Å². The zero-order valence-electron chi connectivity index (χ0n) is 9.15. The van der Waals surface area contributed by atoms with Crippen LogP contribution in [0.2, 0.25) is 0 Å². The highest BCUT2D eigenvalue weighted by atomic mass is 16.6. The molecule has 0 aliphatic heterocycles. The average molecular weight is 238 g/mol. The van der Waals surface area contributed by atoms with Crippen LogP contribution in [-0.4, -0.2) is 68.6 Å². The lowest BCUT2D eigenvalue weighted by atomic mass is 10.0. The molecule has 0 aromatic carbocycles. The van der Waals surface area contributed by atoms with Gasteiger partial charge in [0, 0.05) is 6.92 Å². The van der Waals surface area contributed by atoms with Crippen molar-refractivity contribution in [3.05, 3.63) is 0 Å². The van der Waals surface area contributed by atoms with Crippen LogP contribution < -0.4 is 0 Å². The highest BCUT2D eigenvalue weighted by molar-refractivity contribution is 5.66. The van der Waals surface area contributed by atoms with Gasteiger partial charge in [-0.15, -0.1) is 0 Å². The summed E-state index contributed by atoms with van der Waals surface area (Å²) in [5.41, 5.74) is 0. The van der Waals surface area contributed by atoms with E-state index in [1.165, 1.54) is 6.92 Å². The quantitative estimate of drug-likeness (QED) is 0.320. The second-order valence-corrected chi connectivity index (χ2v) is 3.54. The van der Waals surface area contributed by atoms with Gasteiger partial charge in [0.05, 0.1) is 6.61 Å². The number of ether oxygens (including phenoxy) is 1. The Bertz CT molecular complexity index is 220. The molecule has 0 aliphatic rings. The molecule has 7 heteroatoms. The third-order valence-electron chi connectivity index (χ3n) is 2.11. The first-order valence-electron chi connectivity index (χ1n) is 4.81. The molecule has 0 fully saturated rings. The van der Waals surface area contributed by atoms with E-state index in [4.69, 9.17) is 10.2 Å². The lowest BCUT2D eigenvalue weighted by Gasteiger charge is -2.28. The molecule has 0 amide bonds. The molecule has 0 saturated carbocycles. The van der Waals surface area contributed by atoms with E-state index in [1.54, 1.807) is 0 Å². The molecule has 1 unspecified atom stereocenters. The van der Waals surface area contributed by atoms with Crippen LogP contribution in [-0.2, 0) is 9.53 Å². The van der Waals surface area contributed by atoms with Crippen molar-refractivity contribution in [3.63, 3.8) is 0 Å². The zero-order chi connectivity index (χ0) is 12.9. The summed E-state index contributed by atoms with van der Waals surface area (Å²) in [6.07, 6.45) is -7.61. The standard InChI is InChI=1S/C9H18O7/c1-4(16-5(2)11)7(13)9(15)8(14)6(12)3-10/h4,6-10,12-15H,3H2,1-2H3/t4?,6-,7+,8-,9-/m1/s1. The molecule has 5 atom stereocenters. The highest BCUT2D eigenvalue weighted by Crippen LogP contribution is 2.10. The Kier molecular flexibility index (Phi) is 6.46. The normalized spacial score (nSPS) is 20.7. The van der Waals surface area contributed by atoms with E-state index in [2.05, 4.69) is 4.74 Å². The summed E-state index contributed by atoms with van der Waals surface area (Å²) >= 11 is 0. The largest absolute Gasteiger partial charge is 0.460 e. The smallest absolute Gasteiger partial charge is 0.302 e. The lowest BCUT2D eigenvalue weighted by Crippen LogP contribution is -2.50. The molecule has 0 radical (unpaired) electrons. The van der Waals surface area contributed by atoms with E-state index < -0.39 is 43.1 Å². The van der Waals surface area contributed by atoms with Crippen molar-refractivity contribution < 1.29 is 35.1 Å². The van der Waals surface area contributed by atoms with Gasteiger partial charge in [-0.25, -0.2) is 0 Å². The summed E-state index contributed by atoms with van der Waals surface area (Å²) in [5.74, 6) is -0.643. The highest BCUT2D eigenvalue weighted by Gasteiger charge is 2.34. The minimum Gasteiger partial charge on any atom is -0.460 e. The summed E-state index contributed by atoms with van der Waals surface area (Å²) in [6.45, 7) is 1.70. The van der Waals surface area contributed by atoms with Gasteiger partial charge in [-0.05, 0) is 6.92 Å². The van der Waals surface area contributed by atoms with Gasteiger partial charge in [-0.3, -0.25) is 4.79 Å². The summed E-state index contributed by atoms with van der Waals surface area (Å²) in [4.78, 5) is 10.6. The van der Waals surface area contributed by atoms with Crippen LogP contribution in [0.25, 0.3) is 0 Å². The molecule has 96 valence electrons. The summed E-state index contributed by atoms with van der Waals surface area (Å²) in [7, 11) is 0. The van der Waals surface area contributed by atoms with Crippen LogP contribution in [0, 0.1) is 0 Å². The minimum absolute atomic E-state index is 0.643. The second-order valence-electron chi connectivity index (χ2n) is 3.54. The van der Waals surface area contributed by atoms with Crippen molar-refractivity contribution in [1.82, 2.24) is 0 Å². The van der Waals surface area contributed by atoms with E-state index in [-0.39, 0.29) is 0 Å². The van der Waals surface area contributed by atoms with Crippen LogP contribution in [0.4, 0.5) is 0 Å². The van der Waals surface area contributed by atoms with Gasteiger partial charge in [0.1, 0.15) is 30.5 Å². The number of aliphatic hydroxyl groups is 5. The molecule has 0 aromatic rings. The number of carbonyl (C=O) groups excluding carboxylic acids is 1. The predicted molar refractivity (Wildman–Crippen MR) is 52.3 cm³/mol. The maximum Gasteiger partial charge on any atom is 0.302 e. The fourth-order valence-electron chi connectivity index (χ4n) is 1.15. The van der Waals surface area contributed by atoms with Crippen molar-refractivity contribution in [1.29, 1.82) is 0 Å². The van der Waals surface area contributed by atoms with E-state index in [0.29, 0.717) is 0 Å². The maximum atomic E-state index is 10.6. The number of rotatable bonds is 6. The molecule has 0 saturated heterocycles. The van der Waals surface area contributed by atoms with Gasteiger partial charge in [0.15, 0.2) is 0 Å². The van der Waals surface area contributed by atoms with Crippen molar-refractivity contribution in [2.45, 2.75) is 44.4 Å². The Morgan fingerprint density at radius 3 is 2.00 bits per heavy atom. The van der Waals surface area contributed by atoms with E-state index in [0.717, 1.165) is 6.92 Å². The first kappa shape index (κ1) is 15.3. The Balaban J connectivity index is 4.35. The summed E-state index contributed by atoms with van der Waals surface area (Å²) in [6, 6.07) is 0. The zero-order valence-corrected chi connectivity index (χ0v) is 9.15. The first-order chi connectivity index (χ1) is 7.31. The Morgan fingerprint density at radius 1 is 1.12 bits per heavy atom. The number of aliphatic hydroxyl groups excluding tert-OH is 5. The number of hydrogen-bond donors (Lipinski definition) is 5. The van der Waals surface area contributed by atoms with Gasteiger partial charge < -0.3 is 30.3 Å². The van der Waals surface area contributed by atoms with Gasteiger partial charge in [0.25, 0.3) is 0 Å². The summed E-state index contributed by atoms with van der Waals surface area (Å²) < 4.78 is 4.59. The molecule has 0 aliphatic carbocycles. The molecule has 0 spiro atoms. The van der Waals surface area contributed by atoms with Gasteiger partial charge in [0.2, 0.25) is 0 Å². The third-order valence-corrected chi connectivity index (χ3v) is 2.11. The fourth-order valence-corrected chi connectivity index (χ4v) is 1.15. The van der Waals surface area contributed by atoms with Gasteiger partial charge in [-0.1, -0.05) is 0 Å². The van der Waals surface area contributed by atoms with Crippen LogP contribution in [0.15, 0.2) is 0 Å². The number of carbonyl (C=O) groups is 1. The molecule has 7 nitrogen and oxygen atoms in total. The van der Waals surface area contributed by atoms with Crippen molar-refractivity contribution in [2.24, 2.45) is 0 Å². The molecular weight excluding hydrogens is 220 g/mol. The van der Waals surface area contributed by atoms with Crippen LogP contribution >= 0.6 is 0 Å². The summed E-state index contributed by atoms with van der Waals surface area (Å²) in [5, 5.41) is 45.7. The molecule has 5 N–H and O–H groups in total. The average Bonchev–Trinajstić information content (AvgIpc) is 2.23. The fraction of sp³-hybridized carbons (Fsp3) is 0.889. The number of esters is 1. The minimum atomic E-state index is -1.73. The van der Waals surface area contributed by atoms with Crippen LogP contribution in [0.1, 0.15) is 13.8 Å². The molecular formula is C9H18O7. The SMILES string of the molecule is CC(=O)OC(C)[C@H](O)[C@@H](O)[C@H](O)[C@H](O)CO. The Hall–Kier alpha value is -0.730. The number of hydrogen-bond acceptors (Lipinski definition) is 7. The van der Waals surface area contributed by atoms with Gasteiger partial charge in [-0.2, -0.15) is 0 Å². The molecule has 0 heterocycles. The van der Waals surface area contributed by atoms with Crippen molar-refractivity contribution >= 4 is 5.97 Å². The first-order valence-corrected chi connectivity index (χ1v) is 4.81. The van der Waals surface area contributed by atoms with E-state index >= 15 is 0 Å². The monoisotopic (exact) mass is 238 g/mol. The lowest BCUT2D eigenvalue weighted by molar-refractivity contribution is -0.166. The molecule has 0 rings (SSSR count). The van der Waals surface area contributed by atoms with Gasteiger partial charge >= 0.3 is 5.97 Å². The van der Waals surface area contributed by atoms with E-state index in [9.17, 15) is 20.1 Å². The Morgan fingerprint density at radius 2 is 1.62 bits per heavy atom. The van der Waals surface area contributed by atoms with Crippen molar-refractivity contribution in [3.8, 4) is 0 Å². The van der Waals surface area contributed by atoms with Crippen LogP contribution in [0.3, 0.4) is 0 Å². The second kappa shape index (κ2) is 6.77. The van der Waals surface area contributed by atoms with Crippen molar-refractivity contribution in [2.75, 3.05) is 6.61 Å². The Labute approximate surface area is 92.9 Å². The maximum absolute atomic E-state index is 10.6. The van der Waals surface area contributed by atoms with Crippen LogP contribution in [0.5, 0.6) is 0 Å². The third kappa shape index (κ3) is 4.42. The molecule has 0 bridgehead atoms. The molecule has 16 heavy (non-hydrogen) atoms. The predicted octanol–water partition coefficient (Wildman–Crippen LogP) is -2.63. The molecule has 0 aromatic heterocycles.